The molecule has 0 fully saturated rings. The van der Waals surface area contributed by atoms with E-state index >= 15 is 0 Å². The Bertz CT molecular complexity index is 1360. The molecule has 2 heterocycles. The minimum absolute atomic E-state index is 0.192. The van der Waals surface area contributed by atoms with Gasteiger partial charge < -0.3 is 10.4 Å². The van der Waals surface area contributed by atoms with Crippen molar-refractivity contribution in [2.75, 3.05) is 5.32 Å². The molecule has 1 aliphatic heterocycles. The van der Waals surface area contributed by atoms with E-state index in [2.05, 4.69) is 10.3 Å². The van der Waals surface area contributed by atoms with Crippen molar-refractivity contribution >= 4 is 63.3 Å². The van der Waals surface area contributed by atoms with Gasteiger partial charge in [0.1, 0.15) is 11.2 Å². The van der Waals surface area contributed by atoms with Crippen LogP contribution in [0.5, 0.6) is 0 Å². The molecule has 0 spiro atoms. The van der Waals surface area contributed by atoms with Crippen molar-refractivity contribution in [3.63, 3.8) is 0 Å². The highest BCUT2D eigenvalue weighted by molar-refractivity contribution is 6.37. The molecule has 0 radical (unpaired) electrons. The maximum atomic E-state index is 13.0. The first kappa shape index (κ1) is 22.0. The lowest BCUT2D eigenvalue weighted by Gasteiger charge is -2.18. The van der Waals surface area contributed by atoms with E-state index in [1.54, 1.807) is 41.0 Å². The molecule has 2 N–H and O–H groups in total. The van der Waals surface area contributed by atoms with Gasteiger partial charge in [0, 0.05) is 27.8 Å². The highest BCUT2D eigenvalue weighted by Gasteiger charge is 2.36. The number of carboxylic acid groups (broad SMARTS) is 1. The predicted molar refractivity (Wildman–Crippen MR) is 125 cm³/mol. The number of aliphatic carboxylic acids is 1. The zero-order chi connectivity index (χ0) is 23.2. The molecule has 9 heteroatoms. The lowest BCUT2D eigenvalue weighted by molar-refractivity contribution is -0.151. The Kier molecular flexibility index (Phi) is 5.56. The Balaban J connectivity index is 1.77. The van der Waals surface area contributed by atoms with Crippen molar-refractivity contribution in [2.45, 2.75) is 26.8 Å². The van der Waals surface area contributed by atoms with Gasteiger partial charge in [-0.25, -0.2) is 4.98 Å². The van der Waals surface area contributed by atoms with Crippen LogP contribution in [0.25, 0.3) is 22.6 Å². The normalized spacial score (nSPS) is 14.6. The number of amides is 1. The minimum Gasteiger partial charge on any atom is -0.480 e. The molecular formula is C23H19Cl2N3O4. The second kappa shape index (κ2) is 8.07. The number of carbonyl (C=O) groups excluding carboxylic acids is 1. The number of halogens is 2. The summed E-state index contributed by atoms with van der Waals surface area (Å²) in [6.45, 7) is 3.12. The van der Waals surface area contributed by atoms with E-state index < -0.39 is 17.3 Å². The fraction of sp³-hybridized carbons (Fsp3) is 0.217. The van der Waals surface area contributed by atoms with Crippen molar-refractivity contribution in [3.05, 3.63) is 68.2 Å². The van der Waals surface area contributed by atoms with Gasteiger partial charge in [0.25, 0.3) is 5.56 Å². The van der Waals surface area contributed by atoms with Gasteiger partial charge in [-0.05, 0) is 62.2 Å². The van der Waals surface area contributed by atoms with Gasteiger partial charge in [0.2, 0.25) is 5.91 Å². The average molecular weight is 472 g/mol. The molecule has 3 aromatic rings. The number of carboxylic acids is 1. The van der Waals surface area contributed by atoms with Crippen LogP contribution in [0.4, 0.5) is 5.69 Å². The van der Waals surface area contributed by atoms with Gasteiger partial charge in [0.15, 0.2) is 0 Å². The minimum atomic E-state index is -1.61. The Morgan fingerprint density at radius 3 is 2.53 bits per heavy atom. The first-order valence-electron chi connectivity index (χ1n) is 9.84. The lowest BCUT2D eigenvalue weighted by atomic mass is 9.92. The van der Waals surface area contributed by atoms with E-state index in [4.69, 9.17) is 23.2 Å². The van der Waals surface area contributed by atoms with Gasteiger partial charge >= 0.3 is 5.97 Å². The molecule has 32 heavy (non-hydrogen) atoms. The van der Waals surface area contributed by atoms with Crippen LogP contribution >= 0.6 is 23.2 Å². The fourth-order valence-electron chi connectivity index (χ4n) is 3.44. The molecule has 1 aromatic heterocycles. The largest absolute Gasteiger partial charge is 0.480 e. The maximum absolute atomic E-state index is 13.0. The number of nitrogens with zero attached hydrogens (tertiary/aromatic N) is 2. The summed E-state index contributed by atoms with van der Waals surface area (Å²) >= 11 is 12.6. The fourth-order valence-corrected chi connectivity index (χ4v) is 3.95. The van der Waals surface area contributed by atoms with Gasteiger partial charge in [0.05, 0.1) is 10.9 Å². The van der Waals surface area contributed by atoms with Crippen LogP contribution in [0.1, 0.15) is 31.7 Å². The SMILES string of the molecule is CC(C)(C(=O)O)C(=O)Nc1ccc2c(=O)n3c(nc2c1)C(=Cc1c(Cl)cccc1Cl)CC3. The Morgan fingerprint density at radius 1 is 1.19 bits per heavy atom. The van der Waals surface area contributed by atoms with Crippen molar-refractivity contribution in [2.24, 2.45) is 5.41 Å². The molecule has 2 aromatic carbocycles. The summed E-state index contributed by atoms with van der Waals surface area (Å²) < 4.78 is 1.60. The predicted octanol–water partition coefficient (Wildman–Crippen LogP) is 4.70. The third-order valence-corrected chi connectivity index (χ3v) is 6.18. The van der Waals surface area contributed by atoms with Crippen molar-refractivity contribution in [1.29, 1.82) is 0 Å². The lowest BCUT2D eigenvalue weighted by Crippen LogP contribution is -2.37. The molecule has 0 aliphatic carbocycles. The Labute approximate surface area is 193 Å². The van der Waals surface area contributed by atoms with Crippen LogP contribution in [0.2, 0.25) is 10.0 Å². The summed E-state index contributed by atoms with van der Waals surface area (Å²) in [5.74, 6) is -1.40. The average Bonchev–Trinajstić information content (AvgIpc) is 3.13. The standard InChI is InChI=1S/C23H19Cl2N3O4/c1-23(2,22(31)32)21(30)26-13-6-7-14-18(11-13)27-19-12(8-9-28(19)20(14)29)10-15-16(24)4-3-5-17(15)25/h3-7,10-11H,8-9H2,1-2H3,(H,26,30)(H,31,32). The number of nitrogens with one attached hydrogen (secondary N) is 1. The van der Waals surface area contributed by atoms with Gasteiger partial charge in [-0.3, -0.25) is 19.0 Å². The first-order valence-corrected chi connectivity index (χ1v) is 10.6. The number of hydrogen-bond acceptors (Lipinski definition) is 4. The Morgan fingerprint density at radius 2 is 1.88 bits per heavy atom. The van der Waals surface area contributed by atoms with Gasteiger partial charge in [-0.15, -0.1) is 0 Å². The third kappa shape index (κ3) is 3.78. The third-order valence-electron chi connectivity index (χ3n) is 5.53. The van der Waals surface area contributed by atoms with Gasteiger partial charge in [-0.2, -0.15) is 0 Å². The van der Waals surface area contributed by atoms with Crippen molar-refractivity contribution in [3.8, 4) is 0 Å². The topological polar surface area (TPSA) is 101 Å². The number of aromatic nitrogens is 2. The summed E-state index contributed by atoms with van der Waals surface area (Å²) in [4.78, 5) is 41.4. The zero-order valence-corrected chi connectivity index (χ0v) is 18.8. The number of allylic oxidation sites excluding steroid dienone is 1. The highest BCUT2D eigenvalue weighted by Crippen LogP contribution is 2.33. The number of anilines is 1. The molecule has 0 bridgehead atoms. The van der Waals surface area contributed by atoms with E-state index in [-0.39, 0.29) is 5.56 Å². The number of hydrogen-bond donors (Lipinski definition) is 2. The second-order valence-electron chi connectivity index (χ2n) is 8.06. The quantitative estimate of drug-likeness (QED) is 0.537. The van der Waals surface area contributed by atoms with E-state index in [1.165, 1.54) is 13.8 Å². The van der Waals surface area contributed by atoms with Crippen LogP contribution in [0, 0.1) is 5.41 Å². The van der Waals surface area contributed by atoms with E-state index in [0.717, 1.165) is 5.57 Å². The van der Waals surface area contributed by atoms with Crippen LogP contribution in [0.3, 0.4) is 0 Å². The van der Waals surface area contributed by atoms with E-state index in [9.17, 15) is 19.5 Å². The van der Waals surface area contributed by atoms with Gasteiger partial charge in [-0.1, -0.05) is 29.3 Å². The molecule has 0 saturated heterocycles. The van der Waals surface area contributed by atoms with Crippen LogP contribution < -0.4 is 10.9 Å². The first-order chi connectivity index (χ1) is 15.1. The summed E-state index contributed by atoms with van der Waals surface area (Å²) in [5.41, 5.74) is 0.425. The van der Waals surface area contributed by atoms with Crippen LogP contribution in [-0.2, 0) is 16.1 Å². The molecule has 0 saturated carbocycles. The summed E-state index contributed by atoms with van der Waals surface area (Å²) in [7, 11) is 0. The second-order valence-corrected chi connectivity index (χ2v) is 8.88. The highest BCUT2D eigenvalue weighted by atomic mass is 35.5. The molecule has 164 valence electrons. The number of benzene rings is 2. The van der Waals surface area contributed by atoms with E-state index in [1.807, 2.05) is 6.08 Å². The van der Waals surface area contributed by atoms with Crippen LogP contribution in [-0.4, -0.2) is 26.5 Å². The van der Waals surface area contributed by atoms with E-state index in [0.29, 0.717) is 51.0 Å². The molecule has 0 atom stereocenters. The summed E-state index contributed by atoms with van der Waals surface area (Å²) in [6, 6.07) is 9.93. The van der Waals surface area contributed by atoms with Crippen LogP contribution in [0.15, 0.2) is 41.2 Å². The monoisotopic (exact) mass is 471 g/mol. The molecule has 1 aliphatic rings. The molecule has 0 unspecified atom stereocenters. The zero-order valence-electron chi connectivity index (χ0n) is 17.3. The molecule has 4 rings (SSSR count). The summed E-state index contributed by atoms with van der Waals surface area (Å²) in [5, 5.41) is 13.2. The maximum Gasteiger partial charge on any atom is 0.318 e. The summed E-state index contributed by atoms with van der Waals surface area (Å²) in [6.07, 6.45) is 2.43. The number of rotatable bonds is 4. The molecular weight excluding hydrogens is 453 g/mol. The Hall–Kier alpha value is -3.16. The molecule has 7 nitrogen and oxygen atoms in total. The number of carbonyl (C=O) groups is 2. The van der Waals surface area contributed by atoms with Crippen molar-refractivity contribution in [1.82, 2.24) is 9.55 Å². The van der Waals surface area contributed by atoms with Crippen molar-refractivity contribution < 1.29 is 14.7 Å². The molecule has 1 amide bonds. The number of fused-ring (bicyclic) bond motifs is 2. The smallest absolute Gasteiger partial charge is 0.318 e.